The molecule has 1 aliphatic heterocycles. The molecule has 3 aromatic rings. The van der Waals surface area contributed by atoms with Gasteiger partial charge in [0.2, 0.25) is 5.78 Å². The first-order chi connectivity index (χ1) is 15.7. The zero-order chi connectivity index (χ0) is 23.8. The second kappa shape index (κ2) is 9.18. The number of ketones is 1. The lowest BCUT2D eigenvalue weighted by Crippen LogP contribution is -2.18. The molecule has 3 heterocycles. The van der Waals surface area contributed by atoms with Crippen LogP contribution in [-0.4, -0.2) is 58.7 Å². The Morgan fingerprint density at radius 2 is 1.94 bits per heavy atom. The van der Waals surface area contributed by atoms with Crippen molar-refractivity contribution in [2.45, 2.75) is 31.5 Å². The number of aromatic nitrogens is 3. The first-order valence-electron chi connectivity index (χ1n) is 10.5. The second-order valence-corrected chi connectivity index (χ2v) is 11.0. The number of sulfone groups is 1. The van der Waals surface area contributed by atoms with Gasteiger partial charge in [-0.2, -0.15) is 0 Å². The van der Waals surface area contributed by atoms with E-state index >= 15 is 0 Å². The van der Waals surface area contributed by atoms with Crippen molar-refractivity contribution in [3.63, 3.8) is 0 Å². The van der Waals surface area contributed by atoms with E-state index in [0.717, 1.165) is 11.4 Å². The molecule has 1 aliphatic rings. The Balaban J connectivity index is 1.51. The minimum atomic E-state index is -3.05. The summed E-state index contributed by atoms with van der Waals surface area (Å²) in [5.41, 5.74) is 2.95. The zero-order valence-corrected chi connectivity index (χ0v) is 20.3. The van der Waals surface area contributed by atoms with Crippen molar-refractivity contribution in [3.8, 4) is 5.69 Å². The third-order valence-electron chi connectivity index (χ3n) is 5.83. The summed E-state index contributed by atoms with van der Waals surface area (Å²) in [5, 5.41) is 0.634. The fraction of sp³-hybridized carbons (Fsp3) is 0.348. The molecule has 0 saturated carbocycles. The van der Waals surface area contributed by atoms with E-state index in [2.05, 4.69) is 4.98 Å². The van der Waals surface area contributed by atoms with Gasteiger partial charge in [0.15, 0.2) is 27.3 Å². The molecule has 10 heteroatoms. The monoisotopic (exact) mass is 487 g/mol. The number of aryl methyl sites for hydroxylation is 1. The Bertz CT molecular complexity index is 1310. The van der Waals surface area contributed by atoms with Crippen LogP contribution < -0.4 is 0 Å². The van der Waals surface area contributed by atoms with Crippen LogP contribution in [0.5, 0.6) is 0 Å². The number of hydrogen-bond acceptors (Lipinski definition) is 7. The van der Waals surface area contributed by atoms with Gasteiger partial charge in [-0.05, 0) is 44.7 Å². The van der Waals surface area contributed by atoms with Gasteiger partial charge in [-0.25, -0.2) is 18.2 Å². The molecule has 174 valence electrons. The Hall–Kier alpha value is -2.85. The third kappa shape index (κ3) is 4.63. The number of benzene rings is 1. The SMILES string of the molecule is CSc1ncc(C(=O)OCC(=O)c2cc(C)n(C3CCS(=O)(=O)C3)c2C)n1-c1ccccc1. The number of ether oxygens (including phenoxy) is 1. The minimum Gasteiger partial charge on any atom is -0.453 e. The zero-order valence-electron chi connectivity index (χ0n) is 18.6. The number of Topliss-reactive ketones (excluding diaryl/α,β-unsaturated/α-hetero) is 1. The van der Waals surface area contributed by atoms with E-state index in [9.17, 15) is 18.0 Å². The Morgan fingerprint density at radius 3 is 2.58 bits per heavy atom. The largest absolute Gasteiger partial charge is 0.453 e. The van der Waals surface area contributed by atoms with Crippen molar-refractivity contribution in [1.29, 1.82) is 0 Å². The van der Waals surface area contributed by atoms with Crippen LogP contribution in [0.4, 0.5) is 0 Å². The highest BCUT2D eigenvalue weighted by Gasteiger charge is 2.32. The maximum Gasteiger partial charge on any atom is 0.357 e. The highest BCUT2D eigenvalue weighted by Crippen LogP contribution is 2.29. The van der Waals surface area contributed by atoms with E-state index < -0.39 is 22.4 Å². The Morgan fingerprint density at radius 1 is 1.21 bits per heavy atom. The van der Waals surface area contributed by atoms with Crippen molar-refractivity contribution in [3.05, 3.63) is 65.2 Å². The van der Waals surface area contributed by atoms with Gasteiger partial charge in [-0.1, -0.05) is 30.0 Å². The summed E-state index contributed by atoms with van der Waals surface area (Å²) >= 11 is 1.40. The normalized spacial score (nSPS) is 17.2. The quantitative estimate of drug-likeness (QED) is 0.286. The Labute approximate surface area is 196 Å². The standard InChI is InChI=1S/C23H25N3O5S2/c1-15-11-19(16(2)25(15)18-9-10-33(29,30)14-18)21(27)13-31-22(28)20-12-24-23(32-3)26(20)17-7-5-4-6-8-17/h4-8,11-12,18H,9-10,13-14H2,1-3H3. The highest BCUT2D eigenvalue weighted by molar-refractivity contribution is 7.98. The number of esters is 1. The van der Waals surface area contributed by atoms with Crippen molar-refractivity contribution >= 4 is 33.4 Å². The van der Waals surface area contributed by atoms with Crippen molar-refractivity contribution < 1.29 is 22.7 Å². The van der Waals surface area contributed by atoms with Crippen molar-refractivity contribution in [2.24, 2.45) is 0 Å². The average Bonchev–Trinajstić information content (AvgIpc) is 3.46. The van der Waals surface area contributed by atoms with Crippen molar-refractivity contribution in [2.75, 3.05) is 24.4 Å². The molecule has 1 fully saturated rings. The van der Waals surface area contributed by atoms with Gasteiger partial charge in [0.25, 0.3) is 0 Å². The maximum atomic E-state index is 12.9. The van der Waals surface area contributed by atoms with Crippen LogP contribution in [0.2, 0.25) is 0 Å². The summed E-state index contributed by atoms with van der Waals surface area (Å²) in [5.74, 6) is -0.745. The maximum absolute atomic E-state index is 12.9. The summed E-state index contributed by atoms with van der Waals surface area (Å²) in [7, 11) is -3.05. The molecule has 0 aliphatic carbocycles. The molecule has 0 bridgehead atoms. The molecule has 0 amide bonds. The first-order valence-corrected chi connectivity index (χ1v) is 13.5. The number of para-hydroxylation sites is 1. The molecule has 8 nitrogen and oxygen atoms in total. The summed E-state index contributed by atoms with van der Waals surface area (Å²) < 4.78 is 32.8. The van der Waals surface area contributed by atoms with E-state index in [-0.39, 0.29) is 29.0 Å². The molecule has 2 aromatic heterocycles. The molecule has 1 atom stereocenters. The fourth-order valence-electron chi connectivity index (χ4n) is 4.33. The minimum absolute atomic E-state index is 0.0766. The summed E-state index contributed by atoms with van der Waals surface area (Å²) in [6, 6.07) is 10.9. The van der Waals surface area contributed by atoms with Gasteiger partial charge in [-0.15, -0.1) is 0 Å². The number of carbonyl (C=O) groups excluding carboxylic acids is 2. The van der Waals surface area contributed by atoms with Gasteiger partial charge >= 0.3 is 5.97 Å². The van der Waals surface area contributed by atoms with Gasteiger partial charge in [0.1, 0.15) is 0 Å². The van der Waals surface area contributed by atoms with E-state index in [1.165, 1.54) is 18.0 Å². The predicted molar refractivity (Wildman–Crippen MR) is 126 cm³/mol. The average molecular weight is 488 g/mol. The van der Waals surface area contributed by atoms with Crippen LogP contribution in [-0.2, 0) is 14.6 Å². The van der Waals surface area contributed by atoms with E-state index in [1.54, 1.807) is 17.6 Å². The van der Waals surface area contributed by atoms with Crippen LogP contribution in [0.3, 0.4) is 0 Å². The van der Waals surface area contributed by atoms with E-state index in [1.807, 2.05) is 48.1 Å². The van der Waals surface area contributed by atoms with E-state index in [4.69, 9.17) is 4.74 Å². The lowest BCUT2D eigenvalue weighted by atomic mass is 10.1. The molecule has 1 saturated heterocycles. The number of imidazole rings is 1. The molecular weight excluding hydrogens is 462 g/mol. The number of nitrogens with zero attached hydrogens (tertiary/aromatic N) is 3. The molecule has 4 rings (SSSR count). The number of carbonyl (C=O) groups is 2. The van der Waals surface area contributed by atoms with Crippen LogP contribution in [0.1, 0.15) is 44.7 Å². The van der Waals surface area contributed by atoms with Crippen LogP contribution in [0.15, 0.2) is 47.8 Å². The van der Waals surface area contributed by atoms with Crippen LogP contribution >= 0.6 is 11.8 Å². The molecule has 1 aromatic carbocycles. The van der Waals surface area contributed by atoms with Crippen LogP contribution in [0, 0.1) is 13.8 Å². The molecule has 0 spiro atoms. The molecule has 0 radical (unpaired) electrons. The highest BCUT2D eigenvalue weighted by atomic mass is 32.2. The van der Waals surface area contributed by atoms with E-state index in [0.29, 0.717) is 22.8 Å². The van der Waals surface area contributed by atoms with Gasteiger partial charge in [-0.3, -0.25) is 9.36 Å². The third-order valence-corrected chi connectivity index (χ3v) is 8.23. The molecule has 1 unspecified atom stereocenters. The number of hydrogen-bond donors (Lipinski definition) is 0. The van der Waals surface area contributed by atoms with Gasteiger partial charge < -0.3 is 9.30 Å². The van der Waals surface area contributed by atoms with Crippen LogP contribution in [0.25, 0.3) is 5.69 Å². The lowest BCUT2D eigenvalue weighted by Gasteiger charge is -2.16. The predicted octanol–water partition coefficient (Wildman–Crippen LogP) is 3.41. The molecule has 33 heavy (non-hydrogen) atoms. The smallest absolute Gasteiger partial charge is 0.357 e. The van der Waals surface area contributed by atoms with Gasteiger partial charge in [0.05, 0.1) is 17.7 Å². The summed E-state index contributed by atoms with van der Waals surface area (Å²) in [4.78, 5) is 30.0. The summed E-state index contributed by atoms with van der Waals surface area (Å²) in [6.07, 6.45) is 3.84. The first kappa shape index (κ1) is 23.3. The van der Waals surface area contributed by atoms with Gasteiger partial charge in [0, 0.05) is 28.7 Å². The van der Waals surface area contributed by atoms with Crippen molar-refractivity contribution in [1.82, 2.24) is 14.1 Å². The fourth-order valence-corrected chi connectivity index (χ4v) is 6.58. The summed E-state index contributed by atoms with van der Waals surface area (Å²) in [6.45, 7) is 3.23. The number of rotatable bonds is 7. The second-order valence-electron chi connectivity index (χ2n) is 8.01. The molecular formula is C23H25N3O5S2. The topological polar surface area (TPSA) is 100 Å². The lowest BCUT2D eigenvalue weighted by molar-refractivity contribution is 0.0466. The Kier molecular flexibility index (Phi) is 6.49. The molecule has 0 N–H and O–H groups in total. The number of thioether (sulfide) groups is 1.